The van der Waals surface area contributed by atoms with E-state index in [1.807, 2.05) is 6.07 Å². The standard InChI is InChI=1S/C19H14Cl2N2O4/c20-16-5-13(27-9-19(25)26)6-17(21)15(16)4-11-1-2-18(24)14(3-11)12-7-22-10-23-8-12/h1-3,5-8,10,24H,4,9H2,(H,25,26). The third-order valence-corrected chi connectivity index (χ3v) is 4.46. The van der Waals surface area contributed by atoms with Gasteiger partial charge in [-0.3, -0.25) is 0 Å². The maximum atomic E-state index is 10.6. The number of carbonyl (C=O) groups is 1. The van der Waals surface area contributed by atoms with E-state index in [1.54, 1.807) is 24.5 Å². The van der Waals surface area contributed by atoms with Crippen LogP contribution in [0.5, 0.6) is 11.5 Å². The van der Waals surface area contributed by atoms with Crippen LogP contribution in [-0.4, -0.2) is 32.8 Å². The number of halogens is 2. The average Bonchev–Trinajstić information content (AvgIpc) is 2.65. The molecule has 0 atom stereocenters. The lowest BCUT2D eigenvalue weighted by molar-refractivity contribution is -0.139. The molecule has 27 heavy (non-hydrogen) atoms. The summed E-state index contributed by atoms with van der Waals surface area (Å²) in [6.45, 7) is -0.480. The van der Waals surface area contributed by atoms with E-state index < -0.39 is 12.6 Å². The first-order chi connectivity index (χ1) is 12.9. The van der Waals surface area contributed by atoms with Crippen molar-refractivity contribution in [2.24, 2.45) is 0 Å². The quantitative estimate of drug-likeness (QED) is 0.638. The number of phenolic OH excluding ortho intramolecular Hbond substituents is 1. The predicted molar refractivity (Wildman–Crippen MR) is 102 cm³/mol. The summed E-state index contributed by atoms with van der Waals surface area (Å²) in [7, 11) is 0. The Hall–Kier alpha value is -2.83. The van der Waals surface area contributed by atoms with Crippen molar-refractivity contribution < 1.29 is 19.7 Å². The molecule has 6 nitrogen and oxygen atoms in total. The van der Waals surface area contributed by atoms with Crippen molar-refractivity contribution in [3.63, 3.8) is 0 Å². The van der Waals surface area contributed by atoms with Gasteiger partial charge in [-0.25, -0.2) is 14.8 Å². The summed E-state index contributed by atoms with van der Waals surface area (Å²) < 4.78 is 5.11. The Balaban J connectivity index is 1.88. The monoisotopic (exact) mass is 404 g/mol. The van der Waals surface area contributed by atoms with Gasteiger partial charge in [0.05, 0.1) is 0 Å². The fourth-order valence-corrected chi connectivity index (χ4v) is 3.14. The van der Waals surface area contributed by atoms with Crippen LogP contribution in [0.1, 0.15) is 11.1 Å². The van der Waals surface area contributed by atoms with Crippen LogP contribution in [0.3, 0.4) is 0 Å². The zero-order chi connectivity index (χ0) is 19.4. The summed E-state index contributed by atoms with van der Waals surface area (Å²) in [6.07, 6.45) is 5.05. The van der Waals surface area contributed by atoms with Gasteiger partial charge < -0.3 is 14.9 Å². The van der Waals surface area contributed by atoms with Crippen molar-refractivity contribution in [2.75, 3.05) is 6.61 Å². The number of carboxylic acids is 1. The summed E-state index contributed by atoms with van der Waals surface area (Å²) in [6, 6.07) is 8.22. The fourth-order valence-electron chi connectivity index (χ4n) is 2.54. The number of hydrogen-bond acceptors (Lipinski definition) is 5. The van der Waals surface area contributed by atoms with Gasteiger partial charge in [-0.1, -0.05) is 29.3 Å². The molecule has 0 bridgehead atoms. The van der Waals surface area contributed by atoms with Crippen LogP contribution < -0.4 is 4.74 Å². The second-order valence-electron chi connectivity index (χ2n) is 5.70. The smallest absolute Gasteiger partial charge is 0.341 e. The van der Waals surface area contributed by atoms with Gasteiger partial charge in [0.25, 0.3) is 0 Å². The SMILES string of the molecule is O=C(O)COc1cc(Cl)c(Cc2ccc(O)c(-c3cncnc3)c2)c(Cl)c1. The van der Waals surface area contributed by atoms with Crippen molar-refractivity contribution in [3.05, 3.63) is 70.2 Å². The summed E-state index contributed by atoms with van der Waals surface area (Å²) in [4.78, 5) is 18.5. The minimum atomic E-state index is -1.09. The molecular formula is C19H14Cl2N2O4. The van der Waals surface area contributed by atoms with Gasteiger partial charge in [0, 0.05) is 40.0 Å². The Bertz CT molecular complexity index is 958. The highest BCUT2D eigenvalue weighted by Gasteiger charge is 2.13. The molecule has 0 radical (unpaired) electrons. The van der Waals surface area contributed by atoms with Crippen molar-refractivity contribution in [1.82, 2.24) is 9.97 Å². The molecule has 138 valence electrons. The van der Waals surface area contributed by atoms with Gasteiger partial charge in [-0.05, 0) is 35.4 Å². The Morgan fingerprint density at radius 3 is 2.37 bits per heavy atom. The molecule has 2 N–H and O–H groups in total. The van der Waals surface area contributed by atoms with E-state index in [1.165, 1.54) is 18.5 Å². The van der Waals surface area contributed by atoms with E-state index in [-0.39, 0.29) is 11.5 Å². The first-order valence-corrected chi connectivity index (χ1v) is 8.59. The number of aromatic nitrogens is 2. The van der Waals surface area contributed by atoms with Crippen LogP contribution in [0.15, 0.2) is 49.1 Å². The number of rotatable bonds is 6. The molecule has 3 aromatic rings. The number of nitrogens with zero attached hydrogens (tertiary/aromatic N) is 2. The summed E-state index contributed by atoms with van der Waals surface area (Å²) in [5.74, 6) is -0.694. The van der Waals surface area contributed by atoms with Crippen molar-refractivity contribution in [2.45, 2.75) is 6.42 Å². The zero-order valence-electron chi connectivity index (χ0n) is 13.9. The largest absolute Gasteiger partial charge is 0.507 e. The summed E-state index contributed by atoms with van der Waals surface area (Å²) >= 11 is 12.6. The van der Waals surface area contributed by atoms with E-state index in [0.29, 0.717) is 33.2 Å². The van der Waals surface area contributed by atoms with Gasteiger partial charge >= 0.3 is 5.97 Å². The highest BCUT2D eigenvalue weighted by atomic mass is 35.5. The minimum absolute atomic E-state index is 0.114. The normalized spacial score (nSPS) is 10.6. The first-order valence-electron chi connectivity index (χ1n) is 7.84. The predicted octanol–water partition coefficient (Wildman–Crippen LogP) is 4.21. The Kier molecular flexibility index (Phi) is 5.78. The van der Waals surface area contributed by atoms with Crippen molar-refractivity contribution in [1.29, 1.82) is 0 Å². The lowest BCUT2D eigenvalue weighted by atomic mass is 9.99. The zero-order valence-corrected chi connectivity index (χ0v) is 15.4. The molecule has 0 spiro atoms. The number of phenols is 1. The van der Waals surface area contributed by atoms with Crippen LogP contribution in [0.25, 0.3) is 11.1 Å². The van der Waals surface area contributed by atoms with Gasteiger partial charge in [-0.15, -0.1) is 0 Å². The van der Waals surface area contributed by atoms with Crippen LogP contribution >= 0.6 is 23.2 Å². The molecule has 0 saturated heterocycles. The minimum Gasteiger partial charge on any atom is -0.507 e. The third-order valence-electron chi connectivity index (χ3n) is 3.79. The molecule has 8 heteroatoms. The summed E-state index contributed by atoms with van der Waals surface area (Å²) in [5, 5.41) is 19.5. The van der Waals surface area contributed by atoms with Crippen LogP contribution in [0.4, 0.5) is 0 Å². The topological polar surface area (TPSA) is 92.5 Å². The molecule has 2 aromatic carbocycles. The first kappa shape index (κ1) is 18.9. The van der Waals surface area contributed by atoms with E-state index in [4.69, 9.17) is 33.0 Å². The lowest BCUT2D eigenvalue weighted by Gasteiger charge is -2.12. The lowest BCUT2D eigenvalue weighted by Crippen LogP contribution is -2.09. The Morgan fingerprint density at radius 2 is 1.74 bits per heavy atom. The van der Waals surface area contributed by atoms with E-state index in [0.717, 1.165) is 5.56 Å². The molecule has 1 aromatic heterocycles. The van der Waals surface area contributed by atoms with E-state index >= 15 is 0 Å². The van der Waals surface area contributed by atoms with Crippen LogP contribution in [0.2, 0.25) is 10.0 Å². The second kappa shape index (κ2) is 8.24. The number of benzene rings is 2. The highest BCUT2D eigenvalue weighted by Crippen LogP contribution is 2.34. The fraction of sp³-hybridized carbons (Fsp3) is 0.105. The Labute approximate surface area is 165 Å². The molecule has 1 heterocycles. The van der Waals surface area contributed by atoms with Gasteiger partial charge in [0.15, 0.2) is 6.61 Å². The summed E-state index contributed by atoms with van der Waals surface area (Å²) in [5.41, 5.74) is 2.82. The van der Waals surface area contributed by atoms with Gasteiger partial charge in [0.2, 0.25) is 0 Å². The molecule has 0 aliphatic rings. The molecule has 0 aliphatic carbocycles. The molecule has 0 unspecified atom stereocenters. The van der Waals surface area contributed by atoms with Crippen molar-refractivity contribution in [3.8, 4) is 22.6 Å². The average molecular weight is 405 g/mol. The molecular weight excluding hydrogens is 391 g/mol. The molecule has 0 fully saturated rings. The van der Waals surface area contributed by atoms with E-state index in [9.17, 15) is 9.90 Å². The molecule has 0 saturated carbocycles. The number of aromatic hydroxyl groups is 1. The van der Waals surface area contributed by atoms with Gasteiger partial charge in [0.1, 0.15) is 17.8 Å². The molecule has 3 rings (SSSR count). The van der Waals surface area contributed by atoms with Gasteiger partial charge in [-0.2, -0.15) is 0 Å². The highest BCUT2D eigenvalue weighted by molar-refractivity contribution is 6.36. The van der Waals surface area contributed by atoms with E-state index in [2.05, 4.69) is 9.97 Å². The number of ether oxygens (including phenoxy) is 1. The van der Waals surface area contributed by atoms with Crippen LogP contribution in [-0.2, 0) is 11.2 Å². The number of carboxylic acid groups (broad SMARTS) is 1. The maximum absolute atomic E-state index is 10.6. The van der Waals surface area contributed by atoms with Crippen molar-refractivity contribution >= 4 is 29.2 Å². The Morgan fingerprint density at radius 1 is 1.07 bits per heavy atom. The number of hydrogen-bond donors (Lipinski definition) is 2. The molecule has 0 aliphatic heterocycles. The number of aliphatic carboxylic acids is 1. The third kappa shape index (κ3) is 4.67. The maximum Gasteiger partial charge on any atom is 0.341 e. The molecule has 0 amide bonds. The second-order valence-corrected chi connectivity index (χ2v) is 6.52. The van der Waals surface area contributed by atoms with Crippen LogP contribution in [0, 0.1) is 0 Å².